The van der Waals surface area contributed by atoms with E-state index in [4.69, 9.17) is 23.1 Å². The zero-order chi connectivity index (χ0) is 28.0. The van der Waals surface area contributed by atoms with E-state index in [1.165, 1.54) is 12.3 Å². The maximum atomic E-state index is 11.7. The van der Waals surface area contributed by atoms with E-state index in [2.05, 4.69) is 48.2 Å². The summed E-state index contributed by atoms with van der Waals surface area (Å²) in [4.78, 5) is 25.3. The highest BCUT2D eigenvalue weighted by Crippen LogP contribution is 2.28. The Hall–Kier alpha value is -3.68. The summed E-state index contributed by atoms with van der Waals surface area (Å²) in [6, 6.07) is 7.18. The lowest BCUT2D eigenvalue weighted by Crippen LogP contribution is -2.47. The van der Waals surface area contributed by atoms with Crippen molar-refractivity contribution in [3.05, 3.63) is 71.7 Å². The van der Waals surface area contributed by atoms with Gasteiger partial charge in [-0.25, -0.2) is 9.97 Å². The Bertz CT molecular complexity index is 1230. The lowest BCUT2D eigenvalue weighted by molar-refractivity contribution is -0.111. The molecule has 0 atom stereocenters. The van der Waals surface area contributed by atoms with Gasteiger partial charge in [0.1, 0.15) is 0 Å². The summed E-state index contributed by atoms with van der Waals surface area (Å²) in [7, 11) is 0. The minimum absolute atomic E-state index is 0.217. The molecule has 1 saturated heterocycles. The molecule has 0 bridgehead atoms. The Balaban J connectivity index is 1.58. The molecule has 1 amide bonds. The van der Waals surface area contributed by atoms with Crippen molar-refractivity contribution in [2.45, 2.75) is 13.3 Å². The highest BCUT2D eigenvalue weighted by atomic mass is 35.5. The highest BCUT2D eigenvalue weighted by Gasteiger charge is 2.15. The first-order chi connectivity index (χ1) is 18.9. The Morgan fingerprint density at radius 3 is 2.64 bits per heavy atom. The lowest BCUT2D eigenvalue weighted by atomic mass is 10.1. The third-order valence-corrected chi connectivity index (χ3v) is 6.48. The van der Waals surface area contributed by atoms with Gasteiger partial charge in [-0.2, -0.15) is 0 Å². The van der Waals surface area contributed by atoms with Crippen LogP contribution in [0.25, 0.3) is 11.3 Å². The van der Waals surface area contributed by atoms with E-state index in [9.17, 15) is 4.79 Å². The van der Waals surface area contributed by atoms with Gasteiger partial charge in [-0.1, -0.05) is 42.3 Å². The summed E-state index contributed by atoms with van der Waals surface area (Å²) in [6.07, 6.45) is 13.3. The molecule has 1 aromatic carbocycles. The molecule has 2 aromatic rings. The van der Waals surface area contributed by atoms with Crippen molar-refractivity contribution in [1.82, 2.24) is 25.1 Å². The zero-order valence-corrected chi connectivity index (χ0v) is 23.0. The van der Waals surface area contributed by atoms with Gasteiger partial charge in [0.15, 0.2) is 0 Å². The van der Waals surface area contributed by atoms with Gasteiger partial charge < -0.3 is 26.0 Å². The number of rotatable bonds is 13. The van der Waals surface area contributed by atoms with Gasteiger partial charge in [-0.15, -0.1) is 6.42 Å². The van der Waals surface area contributed by atoms with Crippen LogP contribution in [0.2, 0.25) is 5.02 Å². The Morgan fingerprint density at radius 1 is 1.23 bits per heavy atom. The van der Waals surface area contributed by atoms with Gasteiger partial charge in [0, 0.05) is 56.2 Å². The number of nitrogens with one attached hydrogen (secondary N) is 3. The highest BCUT2D eigenvalue weighted by molar-refractivity contribution is 6.32. The first kappa shape index (κ1) is 29.9. The molecule has 39 heavy (non-hydrogen) atoms. The number of hydrogen-bond acceptors (Lipinski definition) is 8. The summed E-state index contributed by atoms with van der Waals surface area (Å²) in [5, 5.41) is 18.7. The predicted molar refractivity (Wildman–Crippen MR) is 158 cm³/mol. The molecule has 0 saturated carbocycles. The summed E-state index contributed by atoms with van der Waals surface area (Å²) in [5.41, 5.74) is 3.20. The number of hydrogen-bond donors (Lipinski definition) is 4. The summed E-state index contributed by atoms with van der Waals surface area (Å²) in [5.74, 6) is 2.64. The van der Waals surface area contributed by atoms with Crippen molar-refractivity contribution < 1.29 is 9.90 Å². The SMILES string of the molecule is C#C/C(=C\C(=C/C)NCCCN1CCN(CCO)CC1)Nc1ncc(Cl)c(-c2cccc(NC(=O)C=C)c2)n1. The predicted octanol–water partition coefficient (Wildman–Crippen LogP) is 3.34. The Morgan fingerprint density at radius 2 is 1.97 bits per heavy atom. The maximum Gasteiger partial charge on any atom is 0.247 e. The molecule has 206 valence electrons. The number of anilines is 2. The number of amides is 1. The van der Waals surface area contributed by atoms with E-state index in [0.29, 0.717) is 33.6 Å². The van der Waals surface area contributed by atoms with Crippen LogP contribution in [0.5, 0.6) is 0 Å². The number of terminal acetylenes is 1. The smallest absolute Gasteiger partial charge is 0.247 e. The number of β-amino-alcohol motifs (C(OH)–C–C–N with tert-alkyl or cyclic N) is 1. The molecule has 1 fully saturated rings. The van der Waals surface area contributed by atoms with Crippen LogP contribution in [0.4, 0.5) is 11.6 Å². The van der Waals surface area contributed by atoms with Crippen molar-refractivity contribution in [3.63, 3.8) is 0 Å². The number of aromatic nitrogens is 2. The fraction of sp³-hybridized carbons (Fsp3) is 0.345. The molecule has 1 aliphatic heterocycles. The number of carbonyl (C=O) groups excluding carboxylic acids is 1. The standard InChI is InChI=1S/C29H36ClN7O2/c1-4-23(31-11-8-12-36-13-15-37(16-14-36)17-18-38)20-24(5-2)34-29-32-21-26(30)28(35-29)22-9-7-10-25(19-22)33-27(39)6-3/h2,4,6-7,9-10,19-21,31,38H,3,8,11-18H2,1H3,(H,33,39)(H,32,34,35)/b23-4+,24-20+. The number of piperazine rings is 1. The second-order valence-corrected chi connectivity index (χ2v) is 9.33. The van der Waals surface area contributed by atoms with Crippen LogP contribution in [0.3, 0.4) is 0 Å². The van der Waals surface area contributed by atoms with Gasteiger partial charge >= 0.3 is 0 Å². The average Bonchev–Trinajstić information content (AvgIpc) is 2.96. The molecular formula is C29H36ClN7O2. The van der Waals surface area contributed by atoms with Crippen molar-refractivity contribution in [3.8, 4) is 23.6 Å². The van der Waals surface area contributed by atoms with Crippen molar-refractivity contribution >= 4 is 29.1 Å². The molecule has 9 nitrogen and oxygen atoms in total. The number of aliphatic hydroxyl groups is 1. The largest absolute Gasteiger partial charge is 0.395 e. The van der Waals surface area contributed by atoms with Gasteiger partial charge in [0.2, 0.25) is 11.9 Å². The van der Waals surface area contributed by atoms with Gasteiger partial charge in [-0.05, 0) is 44.2 Å². The summed E-state index contributed by atoms with van der Waals surface area (Å²) in [6.45, 7) is 12.3. The fourth-order valence-electron chi connectivity index (χ4n) is 4.11. The van der Waals surface area contributed by atoms with E-state index >= 15 is 0 Å². The molecule has 2 heterocycles. The zero-order valence-electron chi connectivity index (χ0n) is 22.3. The van der Waals surface area contributed by atoms with Crippen LogP contribution in [0.1, 0.15) is 13.3 Å². The second-order valence-electron chi connectivity index (χ2n) is 8.92. The van der Waals surface area contributed by atoms with Crippen LogP contribution < -0.4 is 16.0 Å². The fourth-order valence-corrected chi connectivity index (χ4v) is 4.31. The number of nitrogens with zero attached hydrogens (tertiary/aromatic N) is 4. The van der Waals surface area contributed by atoms with E-state index in [0.717, 1.165) is 57.9 Å². The number of allylic oxidation sites excluding steroid dienone is 3. The third kappa shape index (κ3) is 9.53. The second kappa shape index (κ2) is 15.7. The molecule has 3 rings (SSSR count). The molecule has 0 aliphatic carbocycles. The van der Waals surface area contributed by atoms with E-state index in [-0.39, 0.29) is 12.5 Å². The van der Waals surface area contributed by atoms with Crippen LogP contribution >= 0.6 is 11.6 Å². The van der Waals surface area contributed by atoms with E-state index < -0.39 is 0 Å². The van der Waals surface area contributed by atoms with Crippen LogP contribution in [0.15, 0.2) is 66.7 Å². The summed E-state index contributed by atoms with van der Waals surface area (Å²) >= 11 is 6.40. The molecule has 10 heteroatoms. The molecule has 0 spiro atoms. The van der Waals surface area contributed by atoms with Gasteiger partial charge in [-0.3, -0.25) is 9.69 Å². The number of benzene rings is 1. The van der Waals surface area contributed by atoms with Crippen LogP contribution in [0, 0.1) is 12.3 Å². The Kier molecular flexibility index (Phi) is 12.0. The van der Waals surface area contributed by atoms with Crippen molar-refractivity contribution in [2.75, 3.05) is 63.1 Å². The van der Waals surface area contributed by atoms with Crippen molar-refractivity contribution in [1.29, 1.82) is 0 Å². The van der Waals surface area contributed by atoms with Crippen molar-refractivity contribution in [2.24, 2.45) is 0 Å². The number of aliphatic hydroxyl groups excluding tert-OH is 1. The molecular weight excluding hydrogens is 514 g/mol. The third-order valence-electron chi connectivity index (χ3n) is 6.21. The molecule has 4 N–H and O–H groups in total. The first-order valence-electron chi connectivity index (χ1n) is 12.9. The number of halogens is 1. The monoisotopic (exact) mass is 549 g/mol. The number of carbonyl (C=O) groups is 1. The topological polar surface area (TPSA) is 106 Å². The van der Waals surface area contributed by atoms with Crippen LogP contribution in [-0.4, -0.2) is 83.2 Å². The molecule has 0 radical (unpaired) electrons. The Labute approximate surface area is 235 Å². The molecule has 1 aromatic heterocycles. The van der Waals surface area contributed by atoms with Gasteiger partial charge in [0.05, 0.1) is 29.2 Å². The minimum atomic E-state index is -0.308. The van der Waals surface area contributed by atoms with Crippen LogP contribution in [-0.2, 0) is 4.79 Å². The average molecular weight is 550 g/mol. The quantitative estimate of drug-likeness (QED) is 0.130. The lowest BCUT2D eigenvalue weighted by Gasteiger charge is -2.34. The molecule has 1 aliphatic rings. The maximum absolute atomic E-state index is 11.7. The van der Waals surface area contributed by atoms with Gasteiger partial charge in [0.25, 0.3) is 0 Å². The summed E-state index contributed by atoms with van der Waals surface area (Å²) < 4.78 is 0. The molecule has 0 unspecified atom stereocenters. The minimum Gasteiger partial charge on any atom is -0.395 e. The van der Waals surface area contributed by atoms with E-state index in [1.54, 1.807) is 18.2 Å². The first-order valence-corrected chi connectivity index (χ1v) is 13.3. The normalized spacial score (nSPS) is 14.9. The van der Waals surface area contributed by atoms with E-state index in [1.807, 2.05) is 25.1 Å².